The summed E-state index contributed by atoms with van der Waals surface area (Å²) in [6.07, 6.45) is 2.65. The lowest BCUT2D eigenvalue weighted by Gasteiger charge is -2.06. The van der Waals surface area contributed by atoms with Crippen LogP contribution in [0.25, 0.3) is 0 Å². The minimum Gasteiger partial charge on any atom is -0.505 e. The molecule has 18 heavy (non-hydrogen) atoms. The van der Waals surface area contributed by atoms with Gasteiger partial charge in [0, 0.05) is 11.9 Å². The second kappa shape index (κ2) is 5.29. The number of aromatic nitrogens is 1. The van der Waals surface area contributed by atoms with E-state index in [1.165, 1.54) is 18.5 Å². The highest BCUT2D eigenvalue weighted by molar-refractivity contribution is 6.05. The highest BCUT2D eigenvalue weighted by Crippen LogP contribution is 2.17. The summed E-state index contributed by atoms with van der Waals surface area (Å²) in [7, 11) is 0. The summed E-state index contributed by atoms with van der Waals surface area (Å²) >= 11 is 0. The molecule has 1 aromatic heterocycles. The first-order valence-corrected chi connectivity index (χ1v) is 5.35. The SMILES string of the molecule is O=C(Nc1ccc(CO)cc1)c1ccncc1O. The molecule has 0 spiro atoms. The van der Waals surface area contributed by atoms with Gasteiger partial charge in [-0.25, -0.2) is 0 Å². The van der Waals surface area contributed by atoms with E-state index in [2.05, 4.69) is 10.3 Å². The van der Waals surface area contributed by atoms with Gasteiger partial charge in [0.25, 0.3) is 5.91 Å². The van der Waals surface area contributed by atoms with Crippen molar-refractivity contribution in [2.75, 3.05) is 5.32 Å². The average Bonchev–Trinajstić information content (AvgIpc) is 2.40. The molecule has 0 bridgehead atoms. The smallest absolute Gasteiger partial charge is 0.259 e. The Kier molecular flexibility index (Phi) is 3.54. The third-order valence-electron chi connectivity index (χ3n) is 2.44. The number of nitrogens with zero attached hydrogens (tertiary/aromatic N) is 1. The molecule has 0 aliphatic carbocycles. The number of anilines is 1. The third kappa shape index (κ3) is 2.64. The molecule has 3 N–H and O–H groups in total. The number of carbonyl (C=O) groups is 1. The van der Waals surface area contributed by atoms with E-state index in [4.69, 9.17) is 5.11 Å². The Bertz CT molecular complexity index is 552. The number of hydrogen-bond donors (Lipinski definition) is 3. The van der Waals surface area contributed by atoms with E-state index in [1.807, 2.05) is 0 Å². The molecule has 5 heteroatoms. The predicted octanol–water partition coefficient (Wildman–Crippen LogP) is 1.53. The van der Waals surface area contributed by atoms with Gasteiger partial charge in [-0.2, -0.15) is 0 Å². The van der Waals surface area contributed by atoms with Crippen LogP contribution >= 0.6 is 0 Å². The zero-order chi connectivity index (χ0) is 13.0. The molecular weight excluding hydrogens is 232 g/mol. The minimum absolute atomic E-state index is 0.0423. The van der Waals surface area contributed by atoms with Crippen molar-refractivity contribution >= 4 is 11.6 Å². The van der Waals surface area contributed by atoms with Crippen LogP contribution in [0.15, 0.2) is 42.7 Å². The van der Waals surface area contributed by atoms with Crippen LogP contribution in [-0.2, 0) is 6.61 Å². The van der Waals surface area contributed by atoms with Crippen LogP contribution in [0.3, 0.4) is 0 Å². The Morgan fingerprint density at radius 2 is 1.94 bits per heavy atom. The first-order valence-electron chi connectivity index (χ1n) is 5.35. The van der Waals surface area contributed by atoms with Crippen LogP contribution in [0.5, 0.6) is 5.75 Å². The molecule has 5 nitrogen and oxygen atoms in total. The van der Waals surface area contributed by atoms with Crippen LogP contribution in [-0.4, -0.2) is 21.1 Å². The summed E-state index contributed by atoms with van der Waals surface area (Å²) in [5.41, 5.74) is 1.52. The maximum absolute atomic E-state index is 11.8. The monoisotopic (exact) mass is 244 g/mol. The molecule has 0 aliphatic heterocycles. The number of hydrogen-bond acceptors (Lipinski definition) is 4. The van der Waals surface area contributed by atoms with Crippen molar-refractivity contribution in [3.63, 3.8) is 0 Å². The van der Waals surface area contributed by atoms with Gasteiger partial charge in [-0.3, -0.25) is 9.78 Å². The molecule has 0 aliphatic rings. The average molecular weight is 244 g/mol. The fourth-order valence-electron chi connectivity index (χ4n) is 1.47. The Labute approximate surface area is 104 Å². The zero-order valence-corrected chi connectivity index (χ0v) is 9.50. The Hall–Kier alpha value is -2.40. The Morgan fingerprint density at radius 3 is 2.56 bits per heavy atom. The summed E-state index contributed by atoms with van der Waals surface area (Å²) in [6, 6.07) is 8.22. The molecule has 92 valence electrons. The first kappa shape index (κ1) is 12.1. The molecule has 1 heterocycles. The summed E-state index contributed by atoms with van der Waals surface area (Å²) in [6.45, 7) is -0.0423. The van der Waals surface area contributed by atoms with Gasteiger partial charge in [0.15, 0.2) is 0 Å². The maximum Gasteiger partial charge on any atom is 0.259 e. The second-order valence-corrected chi connectivity index (χ2v) is 3.70. The first-order chi connectivity index (χ1) is 8.70. The largest absolute Gasteiger partial charge is 0.505 e. The van der Waals surface area contributed by atoms with Crippen LogP contribution < -0.4 is 5.32 Å². The lowest BCUT2D eigenvalue weighted by Crippen LogP contribution is -2.12. The molecule has 1 aromatic carbocycles. The van der Waals surface area contributed by atoms with E-state index in [0.29, 0.717) is 5.69 Å². The lowest BCUT2D eigenvalue weighted by molar-refractivity contribution is 0.102. The molecule has 0 unspecified atom stereocenters. The van der Waals surface area contributed by atoms with Crippen molar-refractivity contribution in [3.05, 3.63) is 53.9 Å². The second-order valence-electron chi connectivity index (χ2n) is 3.70. The van der Waals surface area contributed by atoms with Crippen LogP contribution in [0.1, 0.15) is 15.9 Å². The third-order valence-corrected chi connectivity index (χ3v) is 2.44. The minimum atomic E-state index is -0.411. The van der Waals surface area contributed by atoms with Crippen molar-refractivity contribution in [2.45, 2.75) is 6.61 Å². The maximum atomic E-state index is 11.8. The van der Waals surface area contributed by atoms with E-state index >= 15 is 0 Å². The lowest BCUT2D eigenvalue weighted by atomic mass is 10.2. The number of aliphatic hydroxyl groups is 1. The fourth-order valence-corrected chi connectivity index (χ4v) is 1.47. The van der Waals surface area contributed by atoms with Crippen LogP contribution in [0.2, 0.25) is 0 Å². The molecule has 0 saturated heterocycles. The number of carbonyl (C=O) groups excluding carboxylic acids is 1. The van der Waals surface area contributed by atoms with Crippen molar-refractivity contribution in [1.82, 2.24) is 4.98 Å². The number of pyridine rings is 1. The van der Waals surface area contributed by atoms with Gasteiger partial charge < -0.3 is 15.5 Å². The Balaban J connectivity index is 2.14. The van der Waals surface area contributed by atoms with E-state index < -0.39 is 5.91 Å². The van der Waals surface area contributed by atoms with E-state index in [-0.39, 0.29) is 17.9 Å². The predicted molar refractivity (Wildman–Crippen MR) is 66.2 cm³/mol. The number of benzene rings is 1. The summed E-state index contributed by atoms with van der Waals surface area (Å²) in [5, 5.41) is 21.0. The molecule has 1 amide bonds. The number of amides is 1. The highest BCUT2D eigenvalue weighted by atomic mass is 16.3. The molecule has 2 rings (SSSR count). The fraction of sp³-hybridized carbons (Fsp3) is 0.0769. The molecule has 0 atom stereocenters. The van der Waals surface area contributed by atoms with Gasteiger partial charge >= 0.3 is 0 Å². The number of aliphatic hydroxyl groups excluding tert-OH is 1. The van der Waals surface area contributed by atoms with Crippen molar-refractivity contribution in [1.29, 1.82) is 0 Å². The van der Waals surface area contributed by atoms with Gasteiger partial charge in [0.05, 0.1) is 18.4 Å². The molecule has 0 radical (unpaired) electrons. The highest BCUT2D eigenvalue weighted by Gasteiger charge is 2.10. The topological polar surface area (TPSA) is 82.5 Å². The van der Waals surface area contributed by atoms with Crippen LogP contribution in [0.4, 0.5) is 5.69 Å². The number of aromatic hydroxyl groups is 1. The zero-order valence-electron chi connectivity index (χ0n) is 9.50. The van der Waals surface area contributed by atoms with Crippen molar-refractivity contribution < 1.29 is 15.0 Å². The normalized spacial score (nSPS) is 10.1. The van der Waals surface area contributed by atoms with E-state index in [9.17, 15) is 9.90 Å². The molecular formula is C13H12N2O3. The number of nitrogens with one attached hydrogen (secondary N) is 1. The van der Waals surface area contributed by atoms with Gasteiger partial charge in [0.1, 0.15) is 5.75 Å². The quantitative estimate of drug-likeness (QED) is 0.764. The summed E-state index contributed by atoms with van der Waals surface area (Å²) < 4.78 is 0. The van der Waals surface area contributed by atoms with E-state index in [1.54, 1.807) is 24.3 Å². The van der Waals surface area contributed by atoms with Crippen molar-refractivity contribution in [3.8, 4) is 5.75 Å². The molecule has 0 saturated carbocycles. The van der Waals surface area contributed by atoms with E-state index in [0.717, 1.165) is 5.56 Å². The van der Waals surface area contributed by atoms with Gasteiger partial charge in [-0.1, -0.05) is 12.1 Å². The summed E-state index contributed by atoms with van der Waals surface area (Å²) in [4.78, 5) is 15.5. The summed E-state index contributed by atoms with van der Waals surface area (Å²) in [5.74, 6) is -0.575. The van der Waals surface area contributed by atoms with Crippen molar-refractivity contribution in [2.24, 2.45) is 0 Å². The standard InChI is InChI=1S/C13H12N2O3/c16-8-9-1-3-10(4-2-9)15-13(18)11-5-6-14-7-12(11)17/h1-7,16-17H,8H2,(H,15,18). The molecule has 0 fully saturated rings. The molecule has 2 aromatic rings. The Morgan fingerprint density at radius 1 is 1.22 bits per heavy atom. The van der Waals surface area contributed by atoms with Crippen LogP contribution in [0, 0.1) is 0 Å². The number of rotatable bonds is 3. The van der Waals surface area contributed by atoms with Gasteiger partial charge in [-0.05, 0) is 23.8 Å². The van der Waals surface area contributed by atoms with Gasteiger partial charge in [0.2, 0.25) is 0 Å². The van der Waals surface area contributed by atoms with Gasteiger partial charge in [-0.15, -0.1) is 0 Å².